The smallest absolute Gasteiger partial charge is 0.0641 e. The van der Waals surface area contributed by atoms with E-state index in [4.69, 9.17) is 4.74 Å². The fourth-order valence-electron chi connectivity index (χ4n) is 2.25. The number of rotatable bonds is 4. The van der Waals surface area contributed by atoms with Crippen LogP contribution in [-0.2, 0) is 11.3 Å². The molecule has 0 atom stereocenters. The molecule has 4 nitrogen and oxygen atoms in total. The van der Waals surface area contributed by atoms with Crippen molar-refractivity contribution >= 4 is 5.69 Å². The SMILES string of the molecule is CCNCc1cnc(C)cc1N1CCCOCC1. The molecule has 1 fully saturated rings. The second kappa shape index (κ2) is 6.71. The minimum atomic E-state index is 0.821. The number of hydrogen-bond acceptors (Lipinski definition) is 4. The van der Waals surface area contributed by atoms with E-state index < -0.39 is 0 Å². The van der Waals surface area contributed by atoms with Crippen molar-refractivity contribution in [3.63, 3.8) is 0 Å². The van der Waals surface area contributed by atoms with Crippen molar-refractivity contribution in [3.8, 4) is 0 Å². The zero-order chi connectivity index (χ0) is 12.8. The summed E-state index contributed by atoms with van der Waals surface area (Å²) in [6.07, 6.45) is 3.10. The lowest BCUT2D eigenvalue weighted by Gasteiger charge is -2.25. The number of anilines is 1. The van der Waals surface area contributed by atoms with Crippen LogP contribution < -0.4 is 10.2 Å². The van der Waals surface area contributed by atoms with Crippen LogP contribution >= 0.6 is 0 Å². The molecule has 1 saturated heterocycles. The Balaban J connectivity index is 2.19. The second-order valence-corrected chi connectivity index (χ2v) is 4.69. The zero-order valence-electron chi connectivity index (χ0n) is 11.4. The van der Waals surface area contributed by atoms with E-state index in [1.54, 1.807) is 0 Å². The van der Waals surface area contributed by atoms with E-state index in [9.17, 15) is 0 Å². The lowest BCUT2D eigenvalue weighted by molar-refractivity contribution is 0.152. The Morgan fingerprint density at radius 1 is 1.39 bits per heavy atom. The van der Waals surface area contributed by atoms with Gasteiger partial charge in [-0.1, -0.05) is 6.92 Å². The van der Waals surface area contributed by atoms with Gasteiger partial charge in [-0.15, -0.1) is 0 Å². The standard InChI is InChI=1S/C14H23N3O/c1-3-15-10-13-11-16-12(2)9-14(13)17-5-4-7-18-8-6-17/h9,11,15H,3-8,10H2,1-2H3. The normalized spacial score (nSPS) is 16.7. The summed E-state index contributed by atoms with van der Waals surface area (Å²) in [5, 5.41) is 3.38. The van der Waals surface area contributed by atoms with Crippen LogP contribution in [0.5, 0.6) is 0 Å². The van der Waals surface area contributed by atoms with Crippen LogP contribution in [0.1, 0.15) is 24.6 Å². The first-order valence-electron chi connectivity index (χ1n) is 6.80. The molecule has 0 aliphatic carbocycles. The first-order valence-corrected chi connectivity index (χ1v) is 6.80. The molecule has 1 N–H and O–H groups in total. The van der Waals surface area contributed by atoms with Crippen molar-refractivity contribution in [3.05, 3.63) is 23.5 Å². The van der Waals surface area contributed by atoms with Crippen LogP contribution in [-0.4, -0.2) is 37.8 Å². The second-order valence-electron chi connectivity index (χ2n) is 4.69. The summed E-state index contributed by atoms with van der Waals surface area (Å²) in [5.74, 6) is 0. The van der Waals surface area contributed by atoms with Crippen LogP contribution in [0.25, 0.3) is 0 Å². The van der Waals surface area contributed by atoms with Crippen LogP contribution in [0.2, 0.25) is 0 Å². The third-order valence-electron chi connectivity index (χ3n) is 3.23. The Kier molecular flexibility index (Phi) is 4.96. The Labute approximate surface area is 109 Å². The summed E-state index contributed by atoms with van der Waals surface area (Å²) in [7, 11) is 0. The van der Waals surface area contributed by atoms with Gasteiger partial charge in [0.2, 0.25) is 0 Å². The van der Waals surface area contributed by atoms with Crippen molar-refractivity contribution in [2.24, 2.45) is 0 Å². The van der Waals surface area contributed by atoms with Crippen LogP contribution in [0.4, 0.5) is 5.69 Å². The maximum Gasteiger partial charge on any atom is 0.0641 e. The molecule has 0 unspecified atom stereocenters. The van der Waals surface area contributed by atoms with Gasteiger partial charge < -0.3 is 15.0 Å². The Bertz CT molecular complexity index is 373. The Hall–Kier alpha value is -1.13. The summed E-state index contributed by atoms with van der Waals surface area (Å²) in [6.45, 7) is 9.79. The van der Waals surface area contributed by atoms with Crippen molar-refractivity contribution in [2.75, 3.05) is 37.7 Å². The molecular weight excluding hydrogens is 226 g/mol. The summed E-state index contributed by atoms with van der Waals surface area (Å²) in [4.78, 5) is 6.84. The molecule has 2 rings (SSSR count). The van der Waals surface area contributed by atoms with E-state index in [2.05, 4.69) is 35.1 Å². The molecule has 0 spiro atoms. The summed E-state index contributed by atoms with van der Waals surface area (Å²) >= 11 is 0. The molecule has 18 heavy (non-hydrogen) atoms. The van der Waals surface area contributed by atoms with E-state index in [1.165, 1.54) is 11.3 Å². The number of hydrogen-bond donors (Lipinski definition) is 1. The number of aryl methyl sites for hydroxylation is 1. The highest BCUT2D eigenvalue weighted by molar-refractivity contribution is 5.53. The molecule has 0 aromatic carbocycles. The van der Waals surface area contributed by atoms with Gasteiger partial charge in [0.1, 0.15) is 0 Å². The molecule has 0 saturated carbocycles. The van der Waals surface area contributed by atoms with Crippen LogP contribution in [0, 0.1) is 6.92 Å². The molecule has 4 heteroatoms. The molecular formula is C14H23N3O. The molecule has 1 aliphatic rings. The van der Waals surface area contributed by atoms with Gasteiger partial charge in [0.25, 0.3) is 0 Å². The van der Waals surface area contributed by atoms with Gasteiger partial charge in [-0.25, -0.2) is 0 Å². The molecule has 2 heterocycles. The largest absolute Gasteiger partial charge is 0.380 e. The highest BCUT2D eigenvalue weighted by Gasteiger charge is 2.14. The molecule has 0 radical (unpaired) electrons. The van der Waals surface area contributed by atoms with Gasteiger partial charge in [-0.05, 0) is 26.0 Å². The number of nitrogens with one attached hydrogen (secondary N) is 1. The Morgan fingerprint density at radius 2 is 2.28 bits per heavy atom. The van der Waals surface area contributed by atoms with E-state index in [0.717, 1.165) is 51.5 Å². The lowest BCUT2D eigenvalue weighted by Crippen LogP contribution is -2.28. The van der Waals surface area contributed by atoms with Gasteiger partial charge >= 0.3 is 0 Å². The first kappa shape index (κ1) is 13.3. The molecule has 0 amide bonds. The van der Waals surface area contributed by atoms with Crippen LogP contribution in [0.15, 0.2) is 12.3 Å². The quantitative estimate of drug-likeness (QED) is 0.882. The van der Waals surface area contributed by atoms with Gasteiger partial charge in [-0.3, -0.25) is 4.98 Å². The maximum atomic E-state index is 5.52. The summed E-state index contributed by atoms with van der Waals surface area (Å²) in [6, 6.07) is 2.19. The van der Waals surface area contributed by atoms with Gasteiger partial charge in [0.15, 0.2) is 0 Å². The monoisotopic (exact) mass is 249 g/mol. The fraction of sp³-hybridized carbons (Fsp3) is 0.643. The van der Waals surface area contributed by atoms with Crippen molar-refractivity contribution < 1.29 is 4.74 Å². The Morgan fingerprint density at radius 3 is 3.11 bits per heavy atom. The molecule has 1 aromatic heterocycles. The predicted octanol–water partition coefficient (Wildman–Crippen LogP) is 1.73. The summed E-state index contributed by atoms with van der Waals surface area (Å²) < 4.78 is 5.52. The molecule has 1 aliphatic heterocycles. The van der Waals surface area contributed by atoms with E-state index in [-0.39, 0.29) is 0 Å². The predicted molar refractivity (Wildman–Crippen MR) is 74.0 cm³/mol. The van der Waals surface area contributed by atoms with E-state index in [1.807, 2.05) is 6.20 Å². The first-order chi connectivity index (χ1) is 8.81. The van der Waals surface area contributed by atoms with E-state index >= 15 is 0 Å². The average Bonchev–Trinajstić information content (AvgIpc) is 2.66. The highest BCUT2D eigenvalue weighted by Crippen LogP contribution is 2.22. The van der Waals surface area contributed by atoms with Crippen molar-refractivity contribution in [1.29, 1.82) is 0 Å². The molecule has 1 aromatic rings. The van der Waals surface area contributed by atoms with Crippen molar-refractivity contribution in [2.45, 2.75) is 26.8 Å². The molecule has 100 valence electrons. The number of nitrogens with zero attached hydrogens (tertiary/aromatic N) is 2. The lowest BCUT2D eigenvalue weighted by atomic mass is 10.1. The number of ether oxygens (including phenoxy) is 1. The minimum Gasteiger partial charge on any atom is -0.380 e. The van der Waals surface area contributed by atoms with Gasteiger partial charge in [-0.2, -0.15) is 0 Å². The number of aromatic nitrogens is 1. The topological polar surface area (TPSA) is 37.4 Å². The maximum absolute atomic E-state index is 5.52. The highest BCUT2D eigenvalue weighted by atomic mass is 16.5. The third kappa shape index (κ3) is 3.43. The van der Waals surface area contributed by atoms with Crippen LogP contribution in [0.3, 0.4) is 0 Å². The summed E-state index contributed by atoms with van der Waals surface area (Å²) in [5.41, 5.74) is 3.67. The van der Waals surface area contributed by atoms with Gasteiger partial charge in [0, 0.05) is 49.4 Å². The minimum absolute atomic E-state index is 0.821. The van der Waals surface area contributed by atoms with Crippen molar-refractivity contribution in [1.82, 2.24) is 10.3 Å². The number of pyridine rings is 1. The third-order valence-corrected chi connectivity index (χ3v) is 3.23. The molecule has 0 bridgehead atoms. The average molecular weight is 249 g/mol. The van der Waals surface area contributed by atoms with Gasteiger partial charge in [0.05, 0.1) is 6.61 Å². The zero-order valence-corrected chi connectivity index (χ0v) is 11.4. The fourth-order valence-corrected chi connectivity index (χ4v) is 2.25. The van der Waals surface area contributed by atoms with E-state index in [0.29, 0.717) is 0 Å².